The van der Waals surface area contributed by atoms with Crippen LogP contribution in [0.5, 0.6) is 0 Å². The van der Waals surface area contributed by atoms with E-state index in [9.17, 15) is 0 Å². The number of benzene rings is 1. The van der Waals surface area contributed by atoms with Gasteiger partial charge in [-0.1, -0.05) is 44.2 Å². The molecule has 1 fully saturated rings. The minimum atomic E-state index is 0.466. The Morgan fingerprint density at radius 2 is 1.88 bits per heavy atom. The topological polar surface area (TPSA) is 48.9 Å². The number of guanidine groups is 1. The van der Waals surface area contributed by atoms with Gasteiger partial charge in [-0.3, -0.25) is 9.89 Å². The van der Waals surface area contributed by atoms with Crippen LogP contribution in [-0.4, -0.2) is 62.8 Å². The number of hydrogen-bond donors (Lipinski definition) is 2. The fourth-order valence-corrected chi connectivity index (χ4v) is 3.15. The maximum absolute atomic E-state index is 5.49. The molecular weight excluding hydrogens is 312 g/mol. The second kappa shape index (κ2) is 11.1. The van der Waals surface area contributed by atoms with Gasteiger partial charge in [-0.15, -0.1) is 0 Å². The number of nitrogens with one attached hydrogen (secondary N) is 2. The summed E-state index contributed by atoms with van der Waals surface area (Å²) in [6.07, 6.45) is 1.00. The van der Waals surface area contributed by atoms with Crippen molar-refractivity contribution in [3.8, 4) is 0 Å². The maximum Gasteiger partial charge on any atom is 0.191 e. The lowest BCUT2D eigenvalue weighted by Gasteiger charge is -2.36. The van der Waals surface area contributed by atoms with Gasteiger partial charge in [0.05, 0.1) is 19.8 Å². The highest BCUT2D eigenvalue weighted by Gasteiger charge is 2.23. The first-order chi connectivity index (χ1) is 12.2. The molecule has 0 aliphatic carbocycles. The van der Waals surface area contributed by atoms with E-state index in [0.29, 0.717) is 12.0 Å². The molecular formula is C20H34N4O. The number of nitrogens with zero attached hydrogens (tertiary/aromatic N) is 2. The molecule has 2 rings (SSSR count). The van der Waals surface area contributed by atoms with Crippen molar-refractivity contribution in [1.82, 2.24) is 15.5 Å². The molecule has 0 spiro atoms. The molecule has 1 unspecified atom stereocenters. The second-order valence-corrected chi connectivity index (χ2v) is 6.84. The van der Waals surface area contributed by atoms with E-state index in [0.717, 1.165) is 58.3 Å². The summed E-state index contributed by atoms with van der Waals surface area (Å²) in [6, 6.07) is 11.0. The van der Waals surface area contributed by atoms with Gasteiger partial charge in [0.2, 0.25) is 0 Å². The summed E-state index contributed by atoms with van der Waals surface area (Å²) < 4.78 is 5.49. The van der Waals surface area contributed by atoms with Gasteiger partial charge in [-0.05, 0) is 24.8 Å². The van der Waals surface area contributed by atoms with Crippen LogP contribution >= 0.6 is 0 Å². The van der Waals surface area contributed by atoms with Crippen LogP contribution in [0.2, 0.25) is 0 Å². The summed E-state index contributed by atoms with van der Waals surface area (Å²) in [5.74, 6) is 1.49. The third-order valence-corrected chi connectivity index (χ3v) is 4.61. The Hall–Kier alpha value is -1.59. The second-order valence-electron chi connectivity index (χ2n) is 6.84. The van der Waals surface area contributed by atoms with Gasteiger partial charge in [0, 0.05) is 32.2 Å². The Bertz CT molecular complexity index is 498. The number of aliphatic imine (C=N–C) groups is 1. The Kier molecular flexibility index (Phi) is 8.77. The fourth-order valence-electron chi connectivity index (χ4n) is 3.15. The lowest BCUT2D eigenvalue weighted by atomic mass is 10.0. The van der Waals surface area contributed by atoms with E-state index < -0.39 is 0 Å². The van der Waals surface area contributed by atoms with Gasteiger partial charge in [0.1, 0.15) is 0 Å². The molecule has 0 bridgehead atoms. The number of rotatable bonds is 8. The molecule has 5 heteroatoms. The largest absolute Gasteiger partial charge is 0.379 e. The van der Waals surface area contributed by atoms with Gasteiger partial charge in [0.15, 0.2) is 5.96 Å². The van der Waals surface area contributed by atoms with E-state index in [2.05, 4.69) is 66.6 Å². The van der Waals surface area contributed by atoms with E-state index >= 15 is 0 Å². The van der Waals surface area contributed by atoms with E-state index in [4.69, 9.17) is 9.73 Å². The molecule has 1 saturated heterocycles. The van der Waals surface area contributed by atoms with E-state index in [-0.39, 0.29) is 0 Å². The van der Waals surface area contributed by atoms with Crippen LogP contribution in [0, 0.1) is 5.92 Å². The number of morpholine rings is 1. The zero-order chi connectivity index (χ0) is 17.9. The average Bonchev–Trinajstić information content (AvgIpc) is 2.63. The highest BCUT2D eigenvalue weighted by molar-refractivity contribution is 5.79. The van der Waals surface area contributed by atoms with Gasteiger partial charge in [-0.25, -0.2) is 0 Å². The van der Waals surface area contributed by atoms with Crippen molar-refractivity contribution < 1.29 is 4.74 Å². The molecule has 1 aromatic rings. The third-order valence-electron chi connectivity index (χ3n) is 4.61. The zero-order valence-electron chi connectivity index (χ0n) is 16.0. The lowest BCUT2D eigenvalue weighted by Crippen LogP contribution is -2.48. The summed E-state index contributed by atoms with van der Waals surface area (Å²) in [4.78, 5) is 7.37. The fraction of sp³-hybridized carbons (Fsp3) is 0.650. The third kappa shape index (κ3) is 7.04. The number of ether oxygens (including phenoxy) is 1. The quantitative estimate of drug-likeness (QED) is 0.559. The molecule has 0 radical (unpaired) electrons. The van der Waals surface area contributed by atoms with Crippen LogP contribution in [0.1, 0.15) is 26.3 Å². The van der Waals surface area contributed by atoms with Gasteiger partial charge in [0.25, 0.3) is 0 Å². The van der Waals surface area contributed by atoms with Crippen molar-refractivity contribution in [2.45, 2.75) is 33.2 Å². The summed E-state index contributed by atoms with van der Waals surface area (Å²) in [5, 5.41) is 6.82. The number of hydrogen-bond acceptors (Lipinski definition) is 3. The van der Waals surface area contributed by atoms with Crippen molar-refractivity contribution in [3.63, 3.8) is 0 Å². The predicted molar refractivity (Wildman–Crippen MR) is 105 cm³/mol. The SMILES string of the molecule is CCNC(=NCC(C(C)C)N1CCOCC1)NCCc1ccccc1. The first-order valence-electron chi connectivity index (χ1n) is 9.58. The maximum atomic E-state index is 5.49. The van der Waals surface area contributed by atoms with Crippen molar-refractivity contribution in [3.05, 3.63) is 35.9 Å². The summed E-state index contributed by atoms with van der Waals surface area (Å²) in [6.45, 7) is 12.9. The highest BCUT2D eigenvalue weighted by atomic mass is 16.5. The molecule has 0 saturated carbocycles. The molecule has 0 amide bonds. The molecule has 1 atom stereocenters. The van der Waals surface area contributed by atoms with Crippen molar-refractivity contribution in [2.24, 2.45) is 10.9 Å². The first kappa shape index (κ1) is 19.7. The average molecular weight is 347 g/mol. The van der Waals surface area contributed by atoms with Crippen LogP contribution in [0.15, 0.2) is 35.3 Å². The molecule has 140 valence electrons. The van der Waals surface area contributed by atoms with Crippen LogP contribution in [-0.2, 0) is 11.2 Å². The Balaban J connectivity index is 1.87. The van der Waals surface area contributed by atoms with Crippen molar-refractivity contribution in [2.75, 3.05) is 45.9 Å². The monoisotopic (exact) mass is 346 g/mol. The molecule has 1 aromatic carbocycles. The van der Waals surface area contributed by atoms with Gasteiger partial charge >= 0.3 is 0 Å². The van der Waals surface area contributed by atoms with Gasteiger partial charge < -0.3 is 15.4 Å². The van der Waals surface area contributed by atoms with Crippen molar-refractivity contribution >= 4 is 5.96 Å². The molecule has 25 heavy (non-hydrogen) atoms. The van der Waals surface area contributed by atoms with Crippen LogP contribution in [0.25, 0.3) is 0 Å². The van der Waals surface area contributed by atoms with Crippen LogP contribution in [0.4, 0.5) is 0 Å². The molecule has 5 nitrogen and oxygen atoms in total. The standard InChI is InChI=1S/C20H34N4O/c1-4-21-20(22-11-10-18-8-6-5-7-9-18)23-16-19(17(2)3)24-12-14-25-15-13-24/h5-9,17,19H,4,10-16H2,1-3H3,(H2,21,22,23). The lowest BCUT2D eigenvalue weighted by molar-refractivity contribution is 0.00867. The normalized spacial score (nSPS) is 17.5. The Labute approximate surface area is 152 Å². The minimum absolute atomic E-state index is 0.466. The van der Waals surface area contributed by atoms with Crippen molar-refractivity contribution in [1.29, 1.82) is 0 Å². The molecule has 0 aromatic heterocycles. The minimum Gasteiger partial charge on any atom is -0.379 e. The zero-order valence-corrected chi connectivity index (χ0v) is 16.0. The predicted octanol–water partition coefficient (Wildman–Crippen LogP) is 2.14. The molecule has 1 aliphatic heterocycles. The Morgan fingerprint density at radius 1 is 1.16 bits per heavy atom. The van der Waals surface area contributed by atoms with E-state index in [1.54, 1.807) is 0 Å². The molecule has 1 heterocycles. The summed E-state index contributed by atoms with van der Waals surface area (Å²) in [7, 11) is 0. The van der Waals surface area contributed by atoms with Crippen LogP contribution < -0.4 is 10.6 Å². The van der Waals surface area contributed by atoms with E-state index in [1.807, 2.05) is 0 Å². The molecule has 1 aliphatic rings. The smallest absolute Gasteiger partial charge is 0.191 e. The Morgan fingerprint density at radius 3 is 2.52 bits per heavy atom. The van der Waals surface area contributed by atoms with Crippen LogP contribution in [0.3, 0.4) is 0 Å². The summed E-state index contributed by atoms with van der Waals surface area (Å²) in [5.41, 5.74) is 1.35. The summed E-state index contributed by atoms with van der Waals surface area (Å²) >= 11 is 0. The molecule has 2 N–H and O–H groups in total. The highest BCUT2D eigenvalue weighted by Crippen LogP contribution is 2.13. The van der Waals surface area contributed by atoms with Gasteiger partial charge in [-0.2, -0.15) is 0 Å². The first-order valence-corrected chi connectivity index (χ1v) is 9.58. The van der Waals surface area contributed by atoms with E-state index in [1.165, 1.54) is 5.56 Å².